The number of ether oxygens (including phenoxy) is 1. The van der Waals surface area contributed by atoms with Gasteiger partial charge in [-0.15, -0.1) is 0 Å². The van der Waals surface area contributed by atoms with E-state index in [1.54, 1.807) is 13.2 Å². The van der Waals surface area contributed by atoms with Gasteiger partial charge in [-0.1, -0.05) is 37.8 Å². The third-order valence-corrected chi connectivity index (χ3v) is 4.34. The van der Waals surface area contributed by atoms with Crippen molar-refractivity contribution in [2.75, 3.05) is 26.8 Å². The standard InChI is InChI=1S/C17H26FNO/c1-20-10-9-19-13-16(15-6-2-3-7-15)11-14-5-4-8-17(18)12-14/h4-5,8,12,15-16,19H,2-3,6-7,9-11,13H2,1H3. The molecule has 3 heteroatoms. The van der Waals surface area contributed by atoms with Gasteiger partial charge in [0, 0.05) is 13.7 Å². The van der Waals surface area contributed by atoms with Crippen molar-refractivity contribution in [3.8, 4) is 0 Å². The lowest BCUT2D eigenvalue weighted by molar-refractivity contribution is 0.195. The Kier molecular flexibility index (Phi) is 6.48. The zero-order valence-corrected chi connectivity index (χ0v) is 12.4. The molecule has 2 rings (SSSR count). The Morgan fingerprint density at radius 3 is 2.85 bits per heavy atom. The van der Waals surface area contributed by atoms with E-state index >= 15 is 0 Å². The minimum Gasteiger partial charge on any atom is -0.383 e. The number of halogens is 1. The number of hydrogen-bond donors (Lipinski definition) is 1. The van der Waals surface area contributed by atoms with E-state index in [9.17, 15) is 4.39 Å². The Morgan fingerprint density at radius 2 is 2.15 bits per heavy atom. The van der Waals surface area contributed by atoms with Crippen molar-refractivity contribution in [3.63, 3.8) is 0 Å². The molecule has 1 N–H and O–H groups in total. The molecule has 0 spiro atoms. The molecule has 0 bridgehead atoms. The minimum atomic E-state index is -0.125. The van der Waals surface area contributed by atoms with Crippen molar-refractivity contribution < 1.29 is 9.13 Å². The topological polar surface area (TPSA) is 21.3 Å². The molecule has 0 aliphatic heterocycles. The van der Waals surface area contributed by atoms with E-state index in [1.807, 2.05) is 12.1 Å². The predicted molar refractivity (Wildman–Crippen MR) is 80.3 cm³/mol. The van der Waals surface area contributed by atoms with Crippen LogP contribution in [-0.2, 0) is 11.2 Å². The number of benzene rings is 1. The van der Waals surface area contributed by atoms with Crippen LogP contribution in [0.5, 0.6) is 0 Å². The van der Waals surface area contributed by atoms with Crippen LogP contribution in [0, 0.1) is 17.7 Å². The van der Waals surface area contributed by atoms with Crippen LogP contribution in [0.1, 0.15) is 31.2 Å². The molecule has 1 aliphatic rings. The van der Waals surface area contributed by atoms with Gasteiger partial charge in [-0.2, -0.15) is 0 Å². The Bertz CT molecular complexity index is 390. The van der Waals surface area contributed by atoms with Gasteiger partial charge in [-0.05, 0) is 42.5 Å². The summed E-state index contributed by atoms with van der Waals surface area (Å²) in [5.41, 5.74) is 1.12. The lowest BCUT2D eigenvalue weighted by Gasteiger charge is -2.24. The summed E-state index contributed by atoms with van der Waals surface area (Å²) < 4.78 is 18.4. The van der Waals surface area contributed by atoms with E-state index in [-0.39, 0.29) is 5.82 Å². The second kappa shape index (κ2) is 8.38. The summed E-state index contributed by atoms with van der Waals surface area (Å²) in [4.78, 5) is 0. The van der Waals surface area contributed by atoms with Gasteiger partial charge in [-0.25, -0.2) is 4.39 Å². The van der Waals surface area contributed by atoms with Gasteiger partial charge >= 0.3 is 0 Å². The predicted octanol–water partition coefficient (Wildman–Crippen LogP) is 3.41. The summed E-state index contributed by atoms with van der Waals surface area (Å²) in [5.74, 6) is 1.27. The van der Waals surface area contributed by atoms with Crippen molar-refractivity contribution in [2.24, 2.45) is 11.8 Å². The van der Waals surface area contributed by atoms with E-state index < -0.39 is 0 Å². The largest absolute Gasteiger partial charge is 0.383 e. The molecule has 2 nitrogen and oxygen atoms in total. The van der Waals surface area contributed by atoms with Crippen LogP contribution >= 0.6 is 0 Å². The Morgan fingerprint density at radius 1 is 1.35 bits per heavy atom. The molecule has 1 saturated carbocycles. The highest BCUT2D eigenvalue weighted by molar-refractivity contribution is 5.17. The molecule has 1 aromatic rings. The minimum absolute atomic E-state index is 0.125. The normalized spacial score (nSPS) is 17.5. The zero-order valence-electron chi connectivity index (χ0n) is 12.4. The van der Waals surface area contributed by atoms with Crippen LogP contribution < -0.4 is 5.32 Å². The molecule has 0 amide bonds. The SMILES string of the molecule is COCCNCC(Cc1cccc(F)c1)C1CCCC1. The average Bonchev–Trinajstić information content (AvgIpc) is 2.96. The highest BCUT2D eigenvalue weighted by Gasteiger charge is 2.24. The lowest BCUT2D eigenvalue weighted by atomic mass is 9.85. The highest BCUT2D eigenvalue weighted by Crippen LogP contribution is 2.33. The molecule has 112 valence electrons. The van der Waals surface area contributed by atoms with E-state index in [4.69, 9.17) is 4.74 Å². The second-order valence-electron chi connectivity index (χ2n) is 5.84. The third-order valence-electron chi connectivity index (χ3n) is 4.34. The summed E-state index contributed by atoms with van der Waals surface area (Å²) in [6, 6.07) is 7.05. The second-order valence-corrected chi connectivity index (χ2v) is 5.84. The molecule has 1 atom stereocenters. The maximum absolute atomic E-state index is 13.3. The fourth-order valence-electron chi connectivity index (χ4n) is 3.26. The van der Waals surface area contributed by atoms with Crippen molar-refractivity contribution in [1.29, 1.82) is 0 Å². The molecule has 1 aromatic carbocycles. The van der Waals surface area contributed by atoms with E-state index in [1.165, 1.54) is 31.7 Å². The number of hydrogen-bond acceptors (Lipinski definition) is 2. The van der Waals surface area contributed by atoms with Crippen molar-refractivity contribution in [2.45, 2.75) is 32.1 Å². The third kappa shape index (κ3) is 4.88. The maximum Gasteiger partial charge on any atom is 0.123 e. The molecule has 0 saturated heterocycles. The summed E-state index contributed by atoms with van der Waals surface area (Å²) in [7, 11) is 1.73. The Balaban J connectivity index is 1.91. The van der Waals surface area contributed by atoms with Gasteiger partial charge in [0.05, 0.1) is 6.61 Å². The summed E-state index contributed by atoms with van der Waals surface area (Å²) in [6.45, 7) is 2.64. The molecule has 0 aromatic heterocycles. The Hall–Kier alpha value is -0.930. The molecule has 20 heavy (non-hydrogen) atoms. The van der Waals surface area contributed by atoms with E-state index in [0.717, 1.165) is 37.6 Å². The molecule has 1 aliphatic carbocycles. The molecular weight excluding hydrogens is 253 g/mol. The number of methoxy groups -OCH3 is 1. The van der Waals surface area contributed by atoms with Crippen LogP contribution in [0.25, 0.3) is 0 Å². The summed E-state index contributed by atoms with van der Waals surface area (Å²) in [6.07, 6.45) is 6.32. The molecule has 1 unspecified atom stereocenters. The maximum atomic E-state index is 13.3. The zero-order chi connectivity index (χ0) is 14.2. The average molecular weight is 279 g/mol. The first kappa shape index (κ1) is 15.5. The van der Waals surface area contributed by atoms with Gasteiger partial charge in [0.2, 0.25) is 0 Å². The smallest absolute Gasteiger partial charge is 0.123 e. The monoisotopic (exact) mass is 279 g/mol. The van der Waals surface area contributed by atoms with E-state index in [0.29, 0.717) is 5.92 Å². The van der Waals surface area contributed by atoms with Gasteiger partial charge in [0.15, 0.2) is 0 Å². The van der Waals surface area contributed by atoms with Gasteiger partial charge in [0.1, 0.15) is 5.82 Å². The number of nitrogens with one attached hydrogen (secondary N) is 1. The van der Waals surface area contributed by atoms with Crippen LogP contribution in [0.3, 0.4) is 0 Å². The van der Waals surface area contributed by atoms with Crippen molar-refractivity contribution >= 4 is 0 Å². The molecular formula is C17H26FNO. The molecule has 0 heterocycles. The fraction of sp³-hybridized carbons (Fsp3) is 0.647. The van der Waals surface area contributed by atoms with Gasteiger partial charge in [-0.3, -0.25) is 0 Å². The summed E-state index contributed by atoms with van der Waals surface area (Å²) >= 11 is 0. The first-order chi connectivity index (χ1) is 9.79. The first-order valence-corrected chi connectivity index (χ1v) is 7.73. The van der Waals surface area contributed by atoms with Crippen LogP contribution in [-0.4, -0.2) is 26.8 Å². The van der Waals surface area contributed by atoms with Crippen LogP contribution in [0.15, 0.2) is 24.3 Å². The van der Waals surface area contributed by atoms with Crippen LogP contribution in [0.2, 0.25) is 0 Å². The van der Waals surface area contributed by atoms with Crippen molar-refractivity contribution in [3.05, 3.63) is 35.6 Å². The quantitative estimate of drug-likeness (QED) is 0.736. The molecule has 0 radical (unpaired) electrons. The lowest BCUT2D eigenvalue weighted by Crippen LogP contribution is -2.31. The van der Waals surface area contributed by atoms with Crippen molar-refractivity contribution in [1.82, 2.24) is 5.32 Å². The summed E-state index contributed by atoms with van der Waals surface area (Å²) in [5, 5.41) is 3.48. The highest BCUT2D eigenvalue weighted by atomic mass is 19.1. The molecule has 1 fully saturated rings. The van der Waals surface area contributed by atoms with Gasteiger partial charge < -0.3 is 10.1 Å². The fourth-order valence-corrected chi connectivity index (χ4v) is 3.26. The first-order valence-electron chi connectivity index (χ1n) is 7.73. The number of rotatable bonds is 8. The Labute approximate surface area is 121 Å². The van der Waals surface area contributed by atoms with Crippen LogP contribution in [0.4, 0.5) is 4.39 Å². The van der Waals surface area contributed by atoms with Gasteiger partial charge in [0.25, 0.3) is 0 Å². The van der Waals surface area contributed by atoms with E-state index in [2.05, 4.69) is 5.32 Å².